The second kappa shape index (κ2) is 6.24. The molecule has 0 spiro atoms. The van der Waals surface area contributed by atoms with Crippen molar-refractivity contribution >= 4 is 33.9 Å². The van der Waals surface area contributed by atoms with Gasteiger partial charge in [0.05, 0.1) is 29.1 Å². The maximum atomic E-state index is 12.2. The van der Waals surface area contributed by atoms with Crippen molar-refractivity contribution < 1.29 is 9.53 Å². The van der Waals surface area contributed by atoms with Gasteiger partial charge in [0.2, 0.25) is 0 Å². The van der Waals surface area contributed by atoms with Gasteiger partial charge in [-0.05, 0) is 42.8 Å². The van der Waals surface area contributed by atoms with Gasteiger partial charge in [-0.1, -0.05) is 26.0 Å². The third kappa shape index (κ3) is 2.63. The van der Waals surface area contributed by atoms with Gasteiger partial charge >= 0.3 is 5.97 Å². The van der Waals surface area contributed by atoms with Crippen LogP contribution in [0.3, 0.4) is 0 Å². The number of esters is 1. The number of carbonyl (C=O) groups is 1. The highest BCUT2D eigenvalue weighted by Crippen LogP contribution is 2.42. The van der Waals surface area contributed by atoms with Crippen LogP contribution in [0.25, 0.3) is 16.6 Å². The van der Waals surface area contributed by atoms with E-state index < -0.39 is 0 Å². The molecule has 4 aromatic rings. The normalized spacial score (nSPS) is 14.8. The molecule has 29 heavy (non-hydrogen) atoms. The number of hydrogen-bond donors (Lipinski definition) is 0. The first-order valence-corrected chi connectivity index (χ1v) is 9.63. The van der Waals surface area contributed by atoms with Crippen LogP contribution in [-0.4, -0.2) is 32.9 Å². The molecule has 0 unspecified atom stereocenters. The standard InChI is InChI=1S/C23H20N4O2/c1-4-29-22(28)14-9-10-19-17(11-14)23(2,3)20(25-19)15-12-24-21-16-7-5-6-8-18(16)26-27(21)13-15/h5-13H,4H2,1-3H3. The first-order valence-electron chi connectivity index (χ1n) is 9.63. The molecule has 2 aromatic heterocycles. The summed E-state index contributed by atoms with van der Waals surface area (Å²) in [7, 11) is 0. The zero-order valence-corrected chi connectivity index (χ0v) is 16.5. The topological polar surface area (TPSA) is 68.8 Å². The van der Waals surface area contributed by atoms with Gasteiger partial charge in [-0.3, -0.25) is 4.99 Å². The molecule has 0 bridgehead atoms. The molecule has 2 aromatic carbocycles. The van der Waals surface area contributed by atoms with Crippen LogP contribution in [0.4, 0.5) is 5.69 Å². The third-order valence-corrected chi connectivity index (χ3v) is 5.44. The minimum absolute atomic E-state index is 0.314. The van der Waals surface area contributed by atoms with Crippen molar-refractivity contribution in [3.63, 3.8) is 0 Å². The number of ether oxygens (including phenoxy) is 1. The molecule has 5 rings (SSSR count). The van der Waals surface area contributed by atoms with E-state index in [9.17, 15) is 4.79 Å². The zero-order chi connectivity index (χ0) is 20.2. The number of aliphatic imine (C=N–C) groups is 1. The zero-order valence-electron chi connectivity index (χ0n) is 16.5. The van der Waals surface area contributed by atoms with Crippen LogP contribution < -0.4 is 0 Å². The van der Waals surface area contributed by atoms with Gasteiger partial charge < -0.3 is 4.74 Å². The smallest absolute Gasteiger partial charge is 0.338 e. The molecule has 0 amide bonds. The van der Waals surface area contributed by atoms with Crippen LogP contribution in [0.15, 0.2) is 59.9 Å². The molecule has 6 nitrogen and oxygen atoms in total. The van der Waals surface area contributed by atoms with E-state index >= 15 is 0 Å². The van der Waals surface area contributed by atoms with Gasteiger partial charge in [0.1, 0.15) is 0 Å². The summed E-state index contributed by atoms with van der Waals surface area (Å²) in [4.78, 5) is 21.7. The van der Waals surface area contributed by atoms with Gasteiger partial charge in [0.25, 0.3) is 0 Å². The Morgan fingerprint density at radius 1 is 1.17 bits per heavy atom. The molecule has 1 aliphatic rings. The number of nitrogens with zero attached hydrogens (tertiary/aromatic N) is 4. The number of hydrogen-bond acceptors (Lipinski definition) is 5. The van der Waals surface area contributed by atoms with Crippen molar-refractivity contribution in [1.82, 2.24) is 14.6 Å². The molecule has 0 aliphatic carbocycles. The third-order valence-electron chi connectivity index (χ3n) is 5.44. The molecular weight excluding hydrogens is 364 g/mol. The summed E-state index contributed by atoms with van der Waals surface area (Å²) in [6.45, 7) is 6.37. The van der Waals surface area contributed by atoms with Crippen molar-refractivity contribution in [3.05, 3.63) is 71.5 Å². The quantitative estimate of drug-likeness (QED) is 0.489. The van der Waals surface area contributed by atoms with Crippen LogP contribution in [0.5, 0.6) is 0 Å². The van der Waals surface area contributed by atoms with Crippen molar-refractivity contribution in [2.45, 2.75) is 26.2 Å². The Hall–Kier alpha value is -3.54. The predicted octanol–water partition coefficient (Wildman–Crippen LogP) is 4.47. The Balaban J connectivity index is 1.59. The summed E-state index contributed by atoms with van der Waals surface area (Å²) >= 11 is 0. The van der Waals surface area contributed by atoms with Crippen LogP contribution >= 0.6 is 0 Å². The maximum absolute atomic E-state index is 12.2. The van der Waals surface area contributed by atoms with Gasteiger partial charge in [0, 0.05) is 28.8 Å². The highest BCUT2D eigenvalue weighted by atomic mass is 16.5. The van der Waals surface area contributed by atoms with Crippen molar-refractivity contribution in [3.8, 4) is 0 Å². The summed E-state index contributed by atoms with van der Waals surface area (Å²) in [5.74, 6) is -0.314. The largest absolute Gasteiger partial charge is 0.462 e. The first-order chi connectivity index (χ1) is 14.0. The lowest BCUT2D eigenvalue weighted by Gasteiger charge is -2.22. The minimum Gasteiger partial charge on any atom is -0.462 e. The Morgan fingerprint density at radius 3 is 2.83 bits per heavy atom. The summed E-state index contributed by atoms with van der Waals surface area (Å²) in [5, 5.41) is 5.66. The fourth-order valence-electron chi connectivity index (χ4n) is 3.96. The Kier molecular flexibility index (Phi) is 3.77. The molecule has 0 radical (unpaired) electrons. The lowest BCUT2D eigenvalue weighted by Crippen LogP contribution is -2.27. The van der Waals surface area contributed by atoms with Crippen LogP contribution in [0.2, 0.25) is 0 Å². The second-order valence-electron chi connectivity index (χ2n) is 7.67. The van der Waals surface area contributed by atoms with Crippen LogP contribution in [0, 0.1) is 0 Å². The highest BCUT2D eigenvalue weighted by molar-refractivity contribution is 6.12. The molecular formula is C23H20N4O2. The average molecular weight is 384 g/mol. The van der Waals surface area contributed by atoms with E-state index in [1.165, 1.54) is 0 Å². The number of benzene rings is 2. The first kappa shape index (κ1) is 17.6. The predicted molar refractivity (Wildman–Crippen MR) is 112 cm³/mol. The molecule has 6 heteroatoms. The van der Waals surface area contributed by atoms with Crippen LogP contribution in [0.1, 0.15) is 42.3 Å². The molecule has 0 atom stereocenters. The molecule has 0 fully saturated rings. The fraction of sp³-hybridized carbons (Fsp3) is 0.217. The summed E-state index contributed by atoms with van der Waals surface area (Å²) in [6, 6.07) is 13.5. The lowest BCUT2D eigenvalue weighted by atomic mass is 9.79. The van der Waals surface area contributed by atoms with Gasteiger partial charge in [-0.25, -0.2) is 14.3 Å². The van der Waals surface area contributed by atoms with Crippen molar-refractivity contribution in [1.29, 1.82) is 0 Å². The van der Waals surface area contributed by atoms with E-state index in [0.29, 0.717) is 12.2 Å². The lowest BCUT2D eigenvalue weighted by molar-refractivity contribution is 0.0526. The highest BCUT2D eigenvalue weighted by Gasteiger charge is 2.36. The Morgan fingerprint density at radius 2 is 2.00 bits per heavy atom. The summed E-state index contributed by atoms with van der Waals surface area (Å²) in [6.07, 6.45) is 3.82. The fourth-order valence-corrected chi connectivity index (χ4v) is 3.96. The van der Waals surface area contributed by atoms with E-state index in [-0.39, 0.29) is 11.4 Å². The second-order valence-corrected chi connectivity index (χ2v) is 7.67. The van der Waals surface area contributed by atoms with E-state index in [2.05, 4.69) is 23.9 Å². The molecule has 3 heterocycles. The molecule has 0 saturated carbocycles. The number of carbonyl (C=O) groups excluding carboxylic acids is 1. The van der Waals surface area contributed by atoms with Crippen molar-refractivity contribution in [2.75, 3.05) is 6.61 Å². The molecule has 0 saturated heterocycles. The SMILES string of the molecule is CCOC(=O)c1ccc2c(c1)C(C)(C)C(c1cnc3c4ccccc4nn3c1)=N2. The number of rotatable bonds is 3. The Labute approximate surface area is 167 Å². The van der Waals surface area contributed by atoms with Gasteiger partial charge in [-0.2, -0.15) is 5.10 Å². The van der Waals surface area contributed by atoms with E-state index in [4.69, 9.17) is 9.73 Å². The number of aromatic nitrogens is 3. The van der Waals surface area contributed by atoms with Gasteiger partial charge in [0.15, 0.2) is 5.65 Å². The summed E-state index contributed by atoms with van der Waals surface area (Å²) < 4.78 is 6.96. The van der Waals surface area contributed by atoms with E-state index in [1.807, 2.05) is 53.3 Å². The average Bonchev–Trinajstić information content (AvgIpc) is 3.22. The Bertz CT molecular complexity index is 1320. The number of fused-ring (bicyclic) bond motifs is 4. The monoisotopic (exact) mass is 384 g/mol. The van der Waals surface area contributed by atoms with Gasteiger partial charge in [-0.15, -0.1) is 0 Å². The molecule has 0 N–H and O–H groups in total. The van der Waals surface area contributed by atoms with Crippen molar-refractivity contribution in [2.24, 2.45) is 4.99 Å². The van der Waals surface area contributed by atoms with E-state index in [1.54, 1.807) is 13.0 Å². The summed E-state index contributed by atoms with van der Waals surface area (Å²) in [5.41, 5.74) is 5.58. The van der Waals surface area contributed by atoms with Crippen LogP contribution in [-0.2, 0) is 10.2 Å². The maximum Gasteiger partial charge on any atom is 0.338 e. The molecule has 144 valence electrons. The molecule has 1 aliphatic heterocycles. The van der Waals surface area contributed by atoms with E-state index in [0.717, 1.165) is 39.1 Å². The minimum atomic E-state index is -0.375.